The number of aliphatic carboxylic acids is 1. The molecular weight excluding hydrogens is 629 g/mol. The van der Waals surface area contributed by atoms with Gasteiger partial charge in [-0.1, -0.05) is 199 Å². The predicted molar refractivity (Wildman–Crippen MR) is 223 cm³/mol. The van der Waals surface area contributed by atoms with Crippen molar-refractivity contribution >= 4 is 11.9 Å². The number of hydrogen-bond donors (Lipinski definition) is 1. The molecule has 0 aromatic heterocycles. The number of carbonyl (C=O) groups excluding carboxylic acids is 1. The third kappa shape index (κ3) is 42.7. The molecule has 0 aromatic carbocycles. The number of unbranched alkanes of at least 4 members (excludes halogenated alkanes) is 29. The first-order valence-electron chi connectivity index (χ1n) is 22.8. The fraction of sp³-hybridized carbons (Fsp3) is 0.872. The Morgan fingerprint density at radius 2 is 0.765 bits per heavy atom. The third-order valence-corrected chi connectivity index (χ3v) is 10.4. The maximum atomic E-state index is 12.7. The molecule has 1 atom stereocenters. The second-order valence-corrected chi connectivity index (χ2v) is 15.6. The van der Waals surface area contributed by atoms with Gasteiger partial charge in [0.15, 0.2) is 0 Å². The van der Waals surface area contributed by atoms with Crippen LogP contribution in [-0.4, -0.2) is 23.1 Å². The number of rotatable bonds is 42. The van der Waals surface area contributed by atoms with Gasteiger partial charge in [0.1, 0.15) is 6.10 Å². The summed E-state index contributed by atoms with van der Waals surface area (Å²) in [7, 11) is 0. The molecule has 0 radical (unpaired) electrons. The Balaban J connectivity index is 3.85. The zero-order chi connectivity index (χ0) is 37.1. The lowest BCUT2D eigenvalue weighted by Crippen LogP contribution is -2.18. The van der Waals surface area contributed by atoms with Crippen LogP contribution in [0, 0.1) is 0 Å². The molecule has 0 aliphatic heterocycles. The zero-order valence-electron chi connectivity index (χ0n) is 34.4. The molecular formula is C47H88O4. The molecule has 4 heteroatoms. The van der Waals surface area contributed by atoms with Crippen LogP contribution in [0.2, 0.25) is 0 Å². The Morgan fingerprint density at radius 1 is 0.431 bits per heavy atom. The van der Waals surface area contributed by atoms with Gasteiger partial charge in [-0.05, 0) is 70.6 Å². The number of carboxylic acid groups (broad SMARTS) is 1. The molecule has 0 amide bonds. The average Bonchev–Trinajstić information content (AvgIpc) is 3.12. The maximum absolute atomic E-state index is 12.7. The van der Waals surface area contributed by atoms with E-state index in [1.54, 1.807) is 0 Å². The van der Waals surface area contributed by atoms with E-state index in [1.807, 2.05) is 0 Å². The topological polar surface area (TPSA) is 63.6 Å². The van der Waals surface area contributed by atoms with Crippen molar-refractivity contribution in [2.24, 2.45) is 0 Å². The first-order chi connectivity index (χ1) is 25.1. The number of carboxylic acids is 1. The summed E-state index contributed by atoms with van der Waals surface area (Å²) in [5, 5.41) is 8.83. The molecule has 300 valence electrons. The van der Waals surface area contributed by atoms with Gasteiger partial charge in [-0.15, -0.1) is 0 Å². The molecule has 51 heavy (non-hydrogen) atoms. The monoisotopic (exact) mass is 717 g/mol. The highest BCUT2D eigenvalue weighted by Crippen LogP contribution is 2.19. The van der Waals surface area contributed by atoms with Crippen LogP contribution in [0.25, 0.3) is 0 Å². The van der Waals surface area contributed by atoms with Crippen LogP contribution in [-0.2, 0) is 14.3 Å². The molecule has 0 aliphatic carbocycles. The van der Waals surface area contributed by atoms with Crippen molar-refractivity contribution in [1.29, 1.82) is 0 Å². The molecule has 0 saturated carbocycles. The zero-order valence-corrected chi connectivity index (χ0v) is 34.4. The van der Waals surface area contributed by atoms with Gasteiger partial charge in [0, 0.05) is 12.8 Å². The highest BCUT2D eigenvalue weighted by atomic mass is 16.5. The summed E-state index contributed by atoms with van der Waals surface area (Å²) in [6, 6.07) is 0. The van der Waals surface area contributed by atoms with Gasteiger partial charge in [-0.3, -0.25) is 9.59 Å². The first kappa shape index (κ1) is 49.4. The van der Waals surface area contributed by atoms with Crippen LogP contribution in [0.1, 0.15) is 258 Å². The molecule has 0 aliphatic rings. The molecule has 0 fully saturated rings. The van der Waals surface area contributed by atoms with Crippen molar-refractivity contribution in [3.63, 3.8) is 0 Å². The lowest BCUT2D eigenvalue weighted by atomic mass is 10.0. The summed E-state index contributed by atoms with van der Waals surface area (Å²) in [6.07, 6.45) is 55.0. The van der Waals surface area contributed by atoms with Crippen LogP contribution in [0.5, 0.6) is 0 Å². The summed E-state index contributed by atoms with van der Waals surface area (Å²) in [5.41, 5.74) is 0. The van der Waals surface area contributed by atoms with E-state index in [4.69, 9.17) is 9.84 Å². The Bertz CT molecular complexity index is 772. The Kier molecular flexibility index (Phi) is 41.5. The fourth-order valence-corrected chi connectivity index (χ4v) is 7.04. The smallest absolute Gasteiger partial charge is 0.306 e. The van der Waals surface area contributed by atoms with Crippen LogP contribution in [0.15, 0.2) is 24.3 Å². The standard InChI is InChI=1S/C47H88O4/c1-3-5-7-9-11-13-15-16-17-18-19-20-21-22-23-24-25-26-27-29-31-36-40-44-47(50)51-45(42-38-34-32-35-39-43-46(48)49)41-37-33-30-28-14-12-10-8-6-4-2/h15-16,18-19,45H,3-14,17,20-44H2,1-2H3,(H,48,49)/b16-15-,19-18-. The minimum Gasteiger partial charge on any atom is -0.481 e. The molecule has 0 saturated heterocycles. The second kappa shape index (κ2) is 42.8. The molecule has 0 rings (SSSR count). The van der Waals surface area contributed by atoms with E-state index in [0.29, 0.717) is 6.42 Å². The number of esters is 1. The van der Waals surface area contributed by atoms with Crippen LogP contribution < -0.4 is 0 Å². The molecule has 1 N–H and O–H groups in total. The largest absolute Gasteiger partial charge is 0.481 e. The fourth-order valence-electron chi connectivity index (χ4n) is 7.04. The van der Waals surface area contributed by atoms with Crippen molar-refractivity contribution in [2.45, 2.75) is 264 Å². The van der Waals surface area contributed by atoms with Gasteiger partial charge >= 0.3 is 11.9 Å². The first-order valence-corrected chi connectivity index (χ1v) is 22.8. The van der Waals surface area contributed by atoms with Gasteiger partial charge in [0.25, 0.3) is 0 Å². The predicted octanol–water partition coefficient (Wildman–Crippen LogP) is 16.0. The van der Waals surface area contributed by atoms with E-state index in [9.17, 15) is 9.59 Å². The Hall–Kier alpha value is -1.58. The SMILES string of the molecule is CCCCCCC/C=C\C/C=C\CCCCCCCCCCCCCC(=O)OC(CCCCCCCCCCCC)CCCCCCCC(=O)O. The van der Waals surface area contributed by atoms with Crippen LogP contribution in [0.3, 0.4) is 0 Å². The highest BCUT2D eigenvalue weighted by molar-refractivity contribution is 5.69. The van der Waals surface area contributed by atoms with Crippen molar-refractivity contribution in [1.82, 2.24) is 0 Å². The maximum Gasteiger partial charge on any atom is 0.306 e. The van der Waals surface area contributed by atoms with E-state index in [0.717, 1.165) is 70.6 Å². The number of carbonyl (C=O) groups is 2. The van der Waals surface area contributed by atoms with Crippen LogP contribution >= 0.6 is 0 Å². The molecule has 0 aromatic rings. The van der Waals surface area contributed by atoms with Crippen LogP contribution in [0.4, 0.5) is 0 Å². The van der Waals surface area contributed by atoms with Gasteiger partial charge in [-0.2, -0.15) is 0 Å². The molecule has 4 nitrogen and oxygen atoms in total. The van der Waals surface area contributed by atoms with E-state index in [1.165, 1.54) is 161 Å². The number of ether oxygens (including phenoxy) is 1. The Labute approximate surface area is 318 Å². The summed E-state index contributed by atoms with van der Waals surface area (Å²) in [5.74, 6) is -0.694. The molecule has 1 unspecified atom stereocenters. The summed E-state index contributed by atoms with van der Waals surface area (Å²) < 4.78 is 6.02. The quantitative estimate of drug-likeness (QED) is 0.0388. The lowest BCUT2D eigenvalue weighted by Gasteiger charge is -2.18. The van der Waals surface area contributed by atoms with E-state index < -0.39 is 5.97 Å². The van der Waals surface area contributed by atoms with Crippen molar-refractivity contribution in [2.75, 3.05) is 0 Å². The number of allylic oxidation sites excluding steroid dienone is 4. The van der Waals surface area contributed by atoms with Crippen molar-refractivity contribution < 1.29 is 19.4 Å². The minimum absolute atomic E-state index is 0.00404. The van der Waals surface area contributed by atoms with Gasteiger partial charge in [-0.25, -0.2) is 0 Å². The highest BCUT2D eigenvalue weighted by Gasteiger charge is 2.14. The lowest BCUT2D eigenvalue weighted by molar-refractivity contribution is -0.150. The second-order valence-electron chi connectivity index (χ2n) is 15.6. The normalized spacial score (nSPS) is 12.4. The summed E-state index contributed by atoms with van der Waals surface area (Å²) in [6.45, 7) is 4.55. The van der Waals surface area contributed by atoms with Gasteiger partial charge in [0.05, 0.1) is 0 Å². The van der Waals surface area contributed by atoms with Gasteiger partial charge in [0.2, 0.25) is 0 Å². The summed E-state index contributed by atoms with van der Waals surface area (Å²) in [4.78, 5) is 23.4. The minimum atomic E-state index is -0.698. The summed E-state index contributed by atoms with van der Waals surface area (Å²) >= 11 is 0. The Morgan fingerprint density at radius 3 is 1.16 bits per heavy atom. The van der Waals surface area contributed by atoms with Crippen molar-refractivity contribution in [3.05, 3.63) is 24.3 Å². The van der Waals surface area contributed by atoms with E-state index >= 15 is 0 Å². The third-order valence-electron chi connectivity index (χ3n) is 10.4. The van der Waals surface area contributed by atoms with E-state index in [-0.39, 0.29) is 18.5 Å². The molecule has 0 bridgehead atoms. The molecule has 0 spiro atoms. The number of hydrogen-bond acceptors (Lipinski definition) is 3. The molecule has 0 heterocycles. The van der Waals surface area contributed by atoms with E-state index in [2.05, 4.69) is 38.2 Å². The average molecular weight is 717 g/mol. The van der Waals surface area contributed by atoms with Gasteiger partial charge < -0.3 is 9.84 Å². The van der Waals surface area contributed by atoms with Crippen molar-refractivity contribution in [3.8, 4) is 0 Å².